The van der Waals surface area contributed by atoms with E-state index < -0.39 is 0 Å². The van der Waals surface area contributed by atoms with Crippen molar-refractivity contribution in [3.63, 3.8) is 0 Å². The summed E-state index contributed by atoms with van der Waals surface area (Å²) >= 11 is 0. The number of anilines is 1. The number of rotatable bonds is 8. The first-order valence-corrected chi connectivity index (χ1v) is 7.75. The van der Waals surface area contributed by atoms with E-state index >= 15 is 0 Å². The highest BCUT2D eigenvalue weighted by atomic mass is 14.9. The van der Waals surface area contributed by atoms with Crippen LogP contribution in [0.5, 0.6) is 0 Å². The van der Waals surface area contributed by atoms with Gasteiger partial charge < -0.3 is 5.32 Å². The van der Waals surface area contributed by atoms with E-state index in [1.165, 1.54) is 48.9 Å². The van der Waals surface area contributed by atoms with Gasteiger partial charge in [-0.15, -0.1) is 0 Å². The van der Waals surface area contributed by atoms with Crippen LogP contribution < -0.4 is 5.32 Å². The average molecular weight is 267 g/mol. The summed E-state index contributed by atoms with van der Waals surface area (Å²) in [5.74, 6) is 0. The fourth-order valence-electron chi connectivity index (χ4n) is 2.41. The molecule has 0 bridgehead atoms. The van der Waals surface area contributed by atoms with Crippen molar-refractivity contribution >= 4 is 5.69 Å². The summed E-state index contributed by atoms with van der Waals surface area (Å²) in [7, 11) is 0. The lowest BCUT2D eigenvalue weighted by Crippen LogP contribution is -2.02. The minimum absolute atomic E-state index is 1.06. The lowest BCUT2D eigenvalue weighted by Gasteiger charge is -2.07. The monoisotopic (exact) mass is 267 g/mol. The number of unbranched alkanes of at least 4 members (excludes halogenated alkanes) is 1. The molecule has 0 aliphatic carbocycles. The van der Waals surface area contributed by atoms with Crippen molar-refractivity contribution in [3.8, 4) is 0 Å². The molecule has 1 N–H and O–H groups in total. The normalized spacial score (nSPS) is 10.4. The third kappa shape index (κ3) is 5.08. The van der Waals surface area contributed by atoms with E-state index in [0.29, 0.717) is 0 Å². The molecule has 0 aromatic heterocycles. The Kier molecular flexibility index (Phi) is 6.16. The van der Waals surface area contributed by atoms with Gasteiger partial charge in [0.15, 0.2) is 0 Å². The molecule has 0 atom stereocenters. The summed E-state index contributed by atoms with van der Waals surface area (Å²) in [5.41, 5.74) is 4.11. The first-order chi connectivity index (χ1) is 9.88. The first kappa shape index (κ1) is 14.6. The quantitative estimate of drug-likeness (QED) is 0.658. The van der Waals surface area contributed by atoms with Gasteiger partial charge in [-0.05, 0) is 48.9 Å². The number of aryl methyl sites for hydroxylation is 2. The highest BCUT2D eigenvalue weighted by Gasteiger charge is 1.95. The molecule has 0 fully saturated rings. The third-order valence-electron chi connectivity index (χ3n) is 3.56. The number of benzene rings is 2. The van der Waals surface area contributed by atoms with Gasteiger partial charge in [-0.1, -0.05) is 55.8 Å². The maximum Gasteiger partial charge on any atom is 0.0340 e. The van der Waals surface area contributed by atoms with Crippen LogP contribution in [0.3, 0.4) is 0 Å². The van der Waals surface area contributed by atoms with Crippen molar-refractivity contribution in [2.75, 3.05) is 11.9 Å². The van der Waals surface area contributed by atoms with E-state index in [-0.39, 0.29) is 0 Å². The molecule has 0 heterocycles. The summed E-state index contributed by atoms with van der Waals surface area (Å²) in [5, 5.41) is 3.50. The predicted molar refractivity (Wildman–Crippen MR) is 88.3 cm³/mol. The number of nitrogens with one attached hydrogen (secondary N) is 1. The smallest absolute Gasteiger partial charge is 0.0340 e. The molecule has 2 rings (SSSR count). The Labute approximate surface area is 123 Å². The second-order valence-corrected chi connectivity index (χ2v) is 5.32. The molecule has 1 nitrogen and oxygen atoms in total. The molecule has 0 unspecified atom stereocenters. The Bertz CT molecular complexity index is 473. The lowest BCUT2D eigenvalue weighted by molar-refractivity contribution is 0.763. The van der Waals surface area contributed by atoms with Crippen molar-refractivity contribution in [2.45, 2.75) is 39.0 Å². The van der Waals surface area contributed by atoms with E-state index in [0.717, 1.165) is 6.54 Å². The van der Waals surface area contributed by atoms with Gasteiger partial charge in [0.25, 0.3) is 0 Å². The maximum atomic E-state index is 3.50. The van der Waals surface area contributed by atoms with Crippen LogP contribution in [0.25, 0.3) is 0 Å². The summed E-state index contributed by atoms with van der Waals surface area (Å²) in [6.45, 7) is 3.28. The number of hydrogen-bond acceptors (Lipinski definition) is 1. The Balaban J connectivity index is 1.63. The number of hydrogen-bond donors (Lipinski definition) is 1. The Morgan fingerprint density at radius 1 is 0.750 bits per heavy atom. The standard InChI is InChI=1S/C19H25N/c1-2-8-17-12-14-19(15-13-17)20-16-7-6-11-18-9-4-3-5-10-18/h3-5,9-10,12-15,20H,2,6-8,11,16H2,1H3. The van der Waals surface area contributed by atoms with Gasteiger partial charge in [-0.3, -0.25) is 0 Å². The van der Waals surface area contributed by atoms with E-state index in [4.69, 9.17) is 0 Å². The van der Waals surface area contributed by atoms with Crippen LogP contribution >= 0.6 is 0 Å². The molecule has 0 saturated carbocycles. The van der Waals surface area contributed by atoms with Crippen LogP contribution in [0, 0.1) is 0 Å². The van der Waals surface area contributed by atoms with Crippen LogP contribution in [0.4, 0.5) is 5.69 Å². The van der Waals surface area contributed by atoms with Gasteiger partial charge in [0.05, 0.1) is 0 Å². The van der Waals surface area contributed by atoms with E-state index in [1.54, 1.807) is 0 Å². The van der Waals surface area contributed by atoms with Crippen molar-refractivity contribution in [2.24, 2.45) is 0 Å². The van der Waals surface area contributed by atoms with E-state index in [9.17, 15) is 0 Å². The Morgan fingerprint density at radius 2 is 1.45 bits per heavy atom. The van der Waals surface area contributed by atoms with Crippen LogP contribution in [-0.2, 0) is 12.8 Å². The molecule has 0 saturated heterocycles. The largest absolute Gasteiger partial charge is 0.385 e. The molecule has 0 spiro atoms. The van der Waals surface area contributed by atoms with Crippen LogP contribution in [-0.4, -0.2) is 6.54 Å². The molecule has 20 heavy (non-hydrogen) atoms. The molecule has 0 aliphatic heterocycles. The van der Waals surface area contributed by atoms with Gasteiger partial charge in [-0.25, -0.2) is 0 Å². The average Bonchev–Trinajstić information content (AvgIpc) is 2.50. The Hall–Kier alpha value is -1.76. The van der Waals surface area contributed by atoms with Crippen molar-refractivity contribution < 1.29 is 0 Å². The van der Waals surface area contributed by atoms with Crippen molar-refractivity contribution in [3.05, 3.63) is 65.7 Å². The van der Waals surface area contributed by atoms with Gasteiger partial charge in [0.1, 0.15) is 0 Å². The lowest BCUT2D eigenvalue weighted by atomic mass is 10.1. The molecular formula is C19H25N. The molecule has 2 aromatic rings. The minimum Gasteiger partial charge on any atom is -0.385 e. The third-order valence-corrected chi connectivity index (χ3v) is 3.56. The van der Waals surface area contributed by atoms with Gasteiger partial charge >= 0.3 is 0 Å². The molecule has 2 aromatic carbocycles. The zero-order chi connectivity index (χ0) is 14.0. The predicted octanol–water partition coefficient (Wildman–Crippen LogP) is 5.07. The molecular weight excluding hydrogens is 242 g/mol. The molecule has 0 amide bonds. The topological polar surface area (TPSA) is 12.0 Å². The highest BCUT2D eigenvalue weighted by molar-refractivity contribution is 5.44. The summed E-state index contributed by atoms with van der Waals surface area (Å²) in [6.07, 6.45) is 6.03. The van der Waals surface area contributed by atoms with Crippen molar-refractivity contribution in [1.82, 2.24) is 0 Å². The zero-order valence-corrected chi connectivity index (χ0v) is 12.4. The van der Waals surface area contributed by atoms with Gasteiger partial charge in [0.2, 0.25) is 0 Å². The molecule has 1 heteroatoms. The highest BCUT2D eigenvalue weighted by Crippen LogP contribution is 2.11. The van der Waals surface area contributed by atoms with Crippen molar-refractivity contribution in [1.29, 1.82) is 0 Å². The zero-order valence-electron chi connectivity index (χ0n) is 12.4. The Morgan fingerprint density at radius 3 is 2.15 bits per heavy atom. The summed E-state index contributed by atoms with van der Waals surface area (Å²) in [4.78, 5) is 0. The van der Waals surface area contributed by atoms with Crippen LogP contribution in [0.2, 0.25) is 0 Å². The second kappa shape index (κ2) is 8.42. The van der Waals surface area contributed by atoms with Gasteiger partial charge in [0, 0.05) is 12.2 Å². The molecule has 0 aliphatic rings. The SMILES string of the molecule is CCCc1ccc(NCCCCc2ccccc2)cc1. The molecule has 0 radical (unpaired) electrons. The minimum atomic E-state index is 1.06. The van der Waals surface area contributed by atoms with E-state index in [1.807, 2.05) is 0 Å². The van der Waals surface area contributed by atoms with Crippen LogP contribution in [0.1, 0.15) is 37.3 Å². The first-order valence-electron chi connectivity index (χ1n) is 7.75. The maximum absolute atomic E-state index is 3.50. The fraction of sp³-hybridized carbons (Fsp3) is 0.368. The van der Waals surface area contributed by atoms with E-state index in [2.05, 4.69) is 66.8 Å². The summed E-state index contributed by atoms with van der Waals surface area (Å²) in [6, 6.07) is 19.6. The van der Waals surface area contributed by atoms with Crippen LogP contribution in [0.15, 0.2) is 54.6 Å². The second-order valence-electron chi connectivity index (χ2n) is 5.32. The molecule has 106 valence electrons. The van der Waals surface area contributed by atoms with Gasteiger partial charge in [-0.2, -0.15) is 0 Å². The summed E-state index contributed by atoms with van der Waals surface area (Å²) < 4.78 is 0. The fourth-order valence-corrected chi connectivity index (χ4v) is 2.41.